The molecule has 0 saturated heterocycles. The van der Waals surface area contributed by atoms with Crippen molar-refractivity contribution in [1.82, 2.24) is 9.13 Å². The van der Waals surface area contributed by atoms with Crippen molar-refractivity contribution in [2.24, 2.45) is 0 Å². The number of nitrogens with zero attached hydrogens (tertiary/aromatic N) is 3. The highest BCUT2D eigenvalue weighted by Crippen LogP contribution is 2.46. The molecule has 2 aromatic heterocycles. The molecular formula is C59H37F6N3. The first kappa shape index (κ1) is 42.3. The largest absolute Gasteiger partial charge is 0.416 e. The van der Waals surface area contributed by atoms with Gasteiger partial charge >= 0.3 is 12.4 Å². The Kier molecular flexibility index (Phi) is 9.90. The molecule has 0 aliphatic heterocycles. The van der Waals surface area contributed by atoms with Crippen LogP contribution in [0.3, 0.4) is 0 Å². The summed E-state index contributed by atoms with van der Waals surface area (Å²) in [5.41, 5.74) is 8.99. The van der Waals surface area contributed by atoms with Crippen LogP contribution >= 0.6 is 0 Å². The molecule has 68 heavy (non-hydrogen) atoms. The minimum Gasteiger partial charge on any atom is -0.309 e. The van der Waals surface area contributed by atoms with Crippen LogP contribution in [0.15, 0.2) is 188 Å². The molecule has 0 saturated carbocycles. The molecule has 0 unspecified atom stereocenters. The van der Waals surface area contributed by atoms with Crippen LogP contribution in [0.5, 0.6) is 0 Å². The van der Waals surface area contributed by atoms with Crippen molar-refractivity contribution in [2.45, 2.75) is 26.2 Å². The molecule has 0 aliphatic carbocycles. The van der Waals surface area contributed by atoms with Crippen molar-refractivity contribution in [3.05, 3.63) is 216 Å². The first-order chi connectivity index (χ1) is 32.8. The zero-order valence-corrected chi connectivity index (χ0v) is 36.5. The molecule has 11 rings (SSSR count). The maximum atomic E-state index is 14.4. The van der Waals surface area contributed by atoms with E-state index in [1.807, 2.05) is 91.0 Å². The fourth-order valence-electron chi connectivity index (χ4n) is 9.93. The molecule has 0 N–H and O–H groups in total. The van der Waals surface area contributed by atoms with E-state index in [1.165, 1.54) is 0 Å². The van der Waals surface area contributed by atoms with Crippen LogP contribution in [0, 0.1) is 25.2 Å². The number of benzene rings is 9. The summed E-state index contributed by atoms with van der Waals surface area (Å²) in [6.45, 7) is 4.13. The van der Waals surface area contributed by atoms with Gasteiger partial charge in [-0.05, 0) is 137 Å². The highest BCUT2D eigenvalue weighted by molar-refractivity contribution is 6.13. The molecule has 11 aromatic rings. The van der Waals surface area contributed by atoms with E-state index in [1.54, 1.807) is 30.3 Å². The number of alkyl halides is 6. The molecule has 9 heteroatoms. The predicted octanol–water partition coefficient (Wildman–Crippen LogP) is 17.1. The van der Waals surface area contributed by atoms with Gasteiger partial charge in [0.05, 0.1) is 56.2 Å². The van der Waals surface area contributed by atoms with Gasteiger partial charge in [-0.15, -0.1) is 0 Å². The lowest BCUT2D eigenvalue weighted by atomic mass is 9.91. The van der Waals surface area contributed by atoms with Crippen molar-refractivity contribution in [2.75, 3.05) is 0 Å². The van der Waals surface area contributed by atoms with Crippen LogP contribution in [-0.2, 0) is 12.4 Å². The summed E-state index contributed by atoms with van der Waals surface area (Å²) in [4.78, 5) is 0. The van der Waals surface area contributed by atoms with Gasteiger partial charge in [0, 0.05) is 32.7 Å². The summed E-state index contributed by atoms with van der Waals surface area (Å²) in [5.74, 6) is 0. The Morgan fingerprint density at radius 3 is 1.37 bits per heavy atom. The fraction of sp³-hybridized carbons (Fsp3) is 0.0678. The molecule has 330 valence electrons. The van der Waals surface area contributed by atoms with E-state index in [4.69, 9.17) is 0 Å². The quantitative estimate of drug-likeness (QED) is 0.153. The van der Waals surface area contributed by atoms with Crippen LogP contribution in [0.25, 0.3) is 99.5 Å². The lowest BCUT2D eigenvalue weighted by Crippen LogP contribution is -2.11. The number of rotatable bonds is 6. The van der Waals surface area contributed by atoms with E-state index < -0.39 is 23.5 Å². The average Bonchev–Trinajstić information content (AvgIpc) is 3.85. The van der Waals surface area contributed by atoms with E-state index >= 15 is 0 Å². The summed E-state index contributed by atoms with van der Waals surface area (Å²) in [5, 5.41) is 14.8. The van der Waals surface area contributed by atoms with Gasteiger partial charge < -0.3 is 9.13 Å². The van der Waals surface area contributed by atoms with Crippen molar-refractivity contribution in [1.29, 1.82) is 5.26 Å². The van der Waals surface area contributed by atoms with Gasteiger partial charge in [-0.2, -0.15) is 31.6 Å². The third-order valence-electron chi connectivity index (χ3n) is 13.1. The third-order valence-corrected chi connectivity index (χ3v) is 13.1. The van der Waals surface area contributed by atoms with Gasteiger partial charge in [0.2, 0.25) is 0 Å². The summed E-state index contributed by atoms with van der Waals surface area (Å²) >= 11 is 0. The number of fused-ring (bicyclic) bond motifs is 6. The standard InChI is InChI=1S/C59H37F6N3/c1-35-12-3-5-15-44(35)38-23-26-53-48(31-38)46-17-7-9-19-51(46)67(53)55-25-22-37(41-28-42(58(60,61)62)33-43(29-41)59(63,64)65)30-50(55)57-40(34-66)14-11-21-56(57)68-52-20-10-8-18-47(52)49-32-39(24-27-54(49)68)45-16-6-4-13-36(45)2/h3-33H,1-2H3. The first-order valence-electron chi connectivity index (χ1n) is 21.9. The second-order valence-corrected chi connectivity index (χ2v) is 17.1. The Hall–Kier alpha value is -8.35. The third kappa shape index (κ3) is 6.99. The monoisotopic (exact) mass is 901 g/mol. The van der Waals surface area contributed by atoms with Crippen molar-refractivity contribution in [3.63, 3.8) is 0 Å². The number of para-hydroxylation sites is 2. The Bertz CT molecular complexity index is 3850. The lowest BCUT2D eigenvalue weighted by Gasteiger charge is -2.21. The lowest BCUT2D eigenvalue weighted by molar-refractivity contribution is -0.143. The number of hydrogen-bond donors (Lipinski definition) is 0. The minimum atomic E-state index is -5.06. The molecule has 0 atom stereocenters. The van der Waals surface area contributed by atoms with E-state index in [0.717, 1.165) is 89.1 Å². The molecule has 9 aromatic carbocycles. The first-order valence-corrected chi connectivity index (χ1v) is 21.9. The summed E-state index contributed by atoms with van der Waals surface area (Å²) in [6, 6.07) is 59.0. The van der Waals surface area contributed by atoms with Gasteiger partial charge in [0.1, 0.15) is 0 Å². The Balaban J connectivity index is 1.24. The smallest absolute Gasteiger partial charge is 0.309 e. The molecule has 3 nitrogen and oxygen atoms in total. The second kappa shape index (κ2) is 15.9. The number of halogens is 6. The zero-order valence-electron chi connectivity index (χ0n) is 36.5. The van der Waals surface area contributed by atoms with Crippen LogP contribution in [-0.4, -0.2) is 9.13 Å². The SMILES string of the molecule is Cc1ccccc1-c1ccc2c(c1)c1ccccc1n2-c1ccc(-c2cc(C(F)(F)F)cc(C(F)(F)F)c2)cc1-c1c(C#N)cccc1-n1c2ccccc2c2cc(-c3ccccc3C)ccc21. The van der Waals surface area contributed by atoms with Gasteiger partial charge in [0.25, 0.3) is 0 Å². The van der Waals surface area contributed by atoms with Crippen LogP contribution in [0.4, 0.5) is 26.3 Å². The summed E-state index contributed by atoms with van der Waals surface area (Å²) < 4.78 is 90.5. The topological polar surface area (TPSA) is 33.6 Å². The van der Waals surface area contributed by atoms with Crippen LogP contribution < -0.4 is 0 Å². The summed E-state index contributed by atoms with van der Waals surface area (Å²) in [7, 11) is 0. The Labute approximate surface area is 387 Å². The average molecular weight is 902 g/mol. The molecule has 0 amide bonds. The van der Waals surface area contributed by atoms with E-state index in [-0.39, 0.29) is 22.8 Å². The maximum absolute atomic E-state index is 14.4. The molecule has 0 aliphatic rings. The normalized spacial score (nSPS) is 12.1. The molecule has 0 bridgehead atoms. The highest BCUT2D eigenvalue weighted by atomic mass is 19.4. The minimum absolute atomic E-state index is 0.103. The van der Waals surface area contributed by atoms with Gasteiger partial charge in [-0.1, -0.05) is 109 Å². The zero-order chi connectivity index (χ0) is 47.1. The number of aryl methyl sites for hydroxylation is 2. The van der Waals surface area contributed by atoms with Crippen molar-refractivity contribution in [3.8, 4) is 62.0 Å². The summed E-state index contributed by atoms with van der Waals surface area (Å²) in [6.07, 6.45) is -10.1. The van der Waals surface area contributed by atoms with E-state index in [0.29, 0.717) is 22.5 Å². The van der Waals surface area contributed by atoms with Gasteiger partial charge in [-0.25, -0.2) is 0 Å². The maximum Gasteiger partial charge on any atom is 0.416 e. The van der Waals surface area contributed by atoms with E-state index in [9.17, 15) is 31.6 Å². The highest BCUT2D eigenvalue weighted by Gasteiger charge is 2.37. The number of aromatic nitrogens is 2. The van der Waals surface area contributed by atoms with Crippen LogP contribution in [0.1, 0.15) is 27.8 Å². The van der Waals surface area contributed by atoms with Gasteiger partial charge in [0.15, 0.2) is 0 Å². The number of nitriles is 1. The fourth-order valence-corrected chi connectivity index (χ4v) is 9.93. The predicted molar refractivity (Wildman–Crippen MR) is 261 cm³/mol. The second-order valence-electron chi connectivity index (χ2n) is 17.1. The molecule has 0 fully saturated rings. The molecule has 0 radical (unpaired) electrons. The van der Waals surface area contributed by atoms with Gasteiger partial charge in [-0.3, -0.25) is 0 Å². The molecule has 0 spiro atoms. The van der Waals surface area contributed by atoms with E-state index in [2.05, 4.69) is 77.6 Å². The molecular weight excluding hydrogens is 865 g/mol. The Morgan fingerprint density at radius 2 is 0.853 bits per heavy atom. The van der Waals surface area contributed by atoms with Crippen LogP contribution in [0.2, 0.25) is 0 Å². The van der Waals surface area contributed by atoms with Crippen molar-refractivity contribution >= 4 is 43.6 Å². The molecule has 2 heterocycles. The Morgan fingerprint density at radius 1 is 0.382 bits per heavy atom. The van der Waals surface area contributed by atoms with Crippen molar-refractivity contribution < 1.29 is 26.3 Å². The number of hydrogen-bond acceptors (Lipinski definition) is 1.